The molecule has 1 aromatic heterocycles. The van der Waals surface area contributed by atoms with Crippen LogP contribution in [0, 0.1) is 5.92 Å². The predicted octanol–water partition coefficient (Wildman–Crippen LogP) is 3.68. The quantitative estimate of drug-likeness (QED) is 0.771. The molecule has 1 aliphatic heterocycles. The second kappa shape index (κ2) is 7.96. The molecule has 1 saturated carbocycles. The molecule has 1 atom stereocenters. The molecular formula is C21H25N3O3. The summed E-state index contributed by atoms with van der Waals surface area (Å²) in [5.41, 5.74) is 3.20. The number of nitrogens with zero attached hydrogens (tertiary/aromatic N) is 2. The lowest BCUT2D eigenvalue weighted by atomic mass is 10.1. The van der Waals surface area contributed by atoms with Crippen molar-refractivity contribution in [2.24, 2.45) is 5.92 Å². The van der Waals surface area contributed by atoms with E-state index < -0.39 is 0 Å². The van der Waals surface area contributed by atoms with Crippen LogP contribution in [0.15, 0.2) is 42.6 Å². The first-order chi connectivity index (χ1) is 13.2. The summed E-state index contributed by atoms with van der Waals surface area (Å²) in [6, 6.07) is 12.2. The molecule has 2 aliphatic rings. The minimum atomic E-state index is -0.272. The molecule has 6 heteroatoms. The van der Waals surface area contributed by atoms with Crippen molar-refractivity contribution < 1.29 is 14.3 Å². The van der Waals surface area contributed by atoms with Crippen LogP contribution in [0.5, 0.6) is 5.88 Å². The fourth-order valence-electron chi connectivity index (χ4n) is 3.09. The highest BCUT2D eigenvalue weighted by Crippen LogP contribution is 2.29. The lowest BCUT2D eigenvalue weighted by Crippen LogP contribution is -2.23. The number of hydrogen-bond acceptors (Lipinski definition) is 5. The van der Waals surface area contributed by atoms with Crippen LogP contribution in [-0.2, 0) is 11.3 Å². The van der Waals surface area contributed by atoms with Crippen molar-refractivity contribution >= 4 is 11.8 Å². The number of carbonyl (C=O) groups is 1. The fourth-order valence-corrected chi connectivity index (χ4v) is 3.09. The number of cyclic esters (lactones) is 1. The Bertz CT molecular complexity index is 790. The van der Waals surface area contributed by atoms with Crippen molar-refractivity contribution in [2.75, 3.05) is 24.7 Å². The monoisotopic (exact) mass is 367 g/mol. The number of ether oxygens (including phenoxy) is 2. The van der Waals surface area contributed by atoms with Gasteiger partial charge in [-0.3, -0.25) is 4.90 Å². The molecule has 0 radical (unpaired) electrons. The summed E-state index contributed by atoms with van der Waals surface area (Å²) < 4.78 is 10.7. The molecule has 2 aromatic rings. The van der Waals surface area contributed by atoms with E-state index in [0.717, 1.165) is 30.3 Å². The number of nitrogens with one attached hydrogen (secondary N) is 1. The molecule has 2 heterocycles. The van der Waals surface area contributed by atoms with E-state index >= 15 is 0 Å². The molecule has 0 bridgehead atoms. The van der Waals surface area contributed by atoms with Gasteiger partial charge in [0.1, 0.15) is 6.61 Å². The van der Waals surface area contributed by atoms with E-state index in [4.69, 9.17) is 9.47 Å². The minimum absolute atomic E-state index is 0.188. The minimum Gasteiger partial charge on any atom is -0.477 e. The molecule has 1 aromatic carbocycles. The third-order valence-corrected chi connectivity index (χ3v) is 5.04. The maximum Gasteiger partial charge on any atom is 0.414 e. The van der Waals surface area contributed by atoms with E-state index in [9.17, 15) is 4.79 Å². The van der Waals surface area contributed by atoms with Gasteiger partial charge in [-0.15, -0.1) is 0 Å². The van der Waals surface area contributed by atoms with E-state index in [1.165, 1.54) is 18.4 Å². The largest absolute Gasteiger partial charge is 0.477 e. The van der Waals surface area contributed by atoms with Gasteiger partial charge in [-0.1, -0.05) is 12.1 Å². The number of carbonyl (C=O) groups excluding carboxylic acids is 1. The van der Waals surface area contributed by atoms with Crippen LogP contribution in [0.1, 0.15) is 36.9 Å². The number of hydrogen-bond donors (Lipinski definition) is 1. The fraction of sp³-hybridized carbons (Fsp3) is 0.429. The van der Waals surface area contributed by atoms with Gasteiger partial charge in [-0.2, -0.15) is 0 Å². The molecule has 1 N–H and O–H groups in total. The summed E-state index contributed by atoms with van der Waals surface area (Å²) in [4.78, 5) is 17.6. The molecular weight excluding hydrogens is 342 g/mol. The van der Waals surface area contributed by atoms with Gasteiger partial charge in [0.25, 0.3) is 0 Å². The molecule has 142 valence electrons. The van der Waals surface area contributed by atoms with Crippen molar-refractivity contribution in [3.05, 3.63) is 53.7 Å². The summed E-state index contributed by atoms with van der Waals surface area (Å²) in [6.45, 7) is 4.71. The maximum atomic E-state index is 11.6. The van der Waals surface area contributed by atoms with Gasteiger partial charge in [-0.05, 0) is 55.0 Å². The average molecular weight is 367 g/mol. The molecule has 27 heavy (non-hydrogen) atoms. The summed E-state index contributed by atoms with van der Waals surface area (Å²) >= 11 is 0. The number of pyridine rings is 1. The highest BCUT2D eigenvalue weighted by molar-refractivity contribution is 5.89. The van der Waals surface area contributed by atoms with Gasteiger partial charge >= 0.3 is 6.09 Å². The van der Waals surface area contributed by atoms with Crippen molar-refractivity contribution in [2.45, 2.75) is 32.4 Å². The predicted molar refractivity (Wildman–Crippen MR) is 103 cm³/mol. The Morgan fingerprint density at radius 3 is 2.81 bits per heavy atom. The molecule has 1 unspecified atom stereocenters. The van der Waals surface area contributed by atoms with E-state index in [-0.39, 0.29) is 12.1 Å². The van der Waals surface area contributed by atoms with Crippen LogP contribution in [0.3, 0.4) is 0 Å². The summed E-state index contributed by atoms with van der Waals surface area (Å²) in [5, 5.41) is 3.53. The van der Waals surface area contributed by atoms with E-state index in [1.54, 1.807) is 11.1 Å². The Hall–Kier alpha value is -2.60. The third kappa shape index (κ3) is 4.57. The second-order valence-corrected chi connectivity index (χ2v) is 7.22. The highest BCUT2D eigenvalue weighted by atomic mass is 16.6. The van der Waals surface area contributed by atoms with Crippen molar-refractivity contribution in [3.8, 4) is 5.88 Å². The van der Waals surface area contributed by atoms with Crippen LogP contribution in [0.4, 0.5) is 10.5 Å². The number of anilines is 1. The van der Waals surface area contributed by atoms with Crippen molar-refractivity contribution in [1.29, 1.82) is 0 Å². The zero-order chi connectivity index (χ0) is 18.6. The Morgan fingerprint density at radius 1 is 1.30 bits per heavy atom. The summed E-state index contributed by atoms with van der Waals surface area (Å²) in [6.07, 6.45) is 4.08. The first-order valence-electron chi connectivity index (χ1n) is 9.54. The highest BCUT2D eigenvalue weighted by Gasteiger charge is 2.23. The maximum absolute atomic E-state index is 11.6. The smallest absolute Gasteiger partial charge is 0.414 e. The van der Waals surface area contributed by atoms with E-state index in [2.05, 4.69) is 29.4 Å². The van der Waals surface area contributed by atoms with Crippen LogP contribution >= 0.6 is 0 Å². The number of amides is 1. The van der Waals surface area contributed by atoms with Crippen LogP contribution in [0.25, 0.3) is 0 Å². The van der Waals surface area contributed by atoms with Crippen LogP contribution in [0.2, 0.25) is 0 Å². The second-order valence-electron chi connectivity index (χ2n) is 7.22. The van der Waals surface area contributed by atoms with Gasteiger partial charge < -0.3 is 14.8 Å². The lowest BCUT2D eigenvalue weighted by Gasteiger charge is -2.17. The molecule has 1 amide bonds. The number of aromatic nitrogens is 1. The summed E-state index contributed by atoms with van der Waals surface area (Å²) in [5.74, 6) is 1.43. The van der Waals surface area contributed by atoms with E-state index in [1.807, 2.05) is 24.3 Å². The molecule has 2 fully saturated rings. The standard InChI is InChI=1S/C21H25N3O3/c1-15(18-4-6-19(7-5-18)24-10-11-26-21(24)25)23-13-17-8-9-22-20(12-17)27-14-16-2-3-16/h4-9,12,15-16,23H,2-3,10-11,13-14H2,1H3. The Kier molecular flexibility index (Phi) is 5.25. The molecule has 0 spiro atoms. The van der Waals surface area contributed by atoms with Crippen LogP contribution in [-0.4, -0.2) is 30.8 Å². The topological polar surface area (TPSA) is 63.7 Å². The first-order valence-corrected chi connectivity index (χ1v) is 9.54. The first kappa shape index (κ1) is 17.8. The van der Waals surface area contributed by atoms with Gasteiger partial charge in [0, 0.05) is 30.5 Å². The molecule has 1 saturated heterocycles. The molecule has 6 nitrogen and oxygen atoms in total. The number of rotatable bonds is 8. The van der Waals surface area contributed by atoms with Crippen molar-refractivity contribution in [1.82, 2.24) is 10.3 Å². The average Bonchev–Trinajstić information content (AvgIpc) is 3.44. The van der Waals surface area contributed by atoms with E-state index in [0.29, 0.717) is 19.0 Å². The van der Waals surface area contributed by atoms with Gasteiger partial charge in [0.2, 0.25) is 5.88 Å². The Balaban J connectivity index is 1.31. The number of benzene rings is 1. The lowest BCUT2D eigenvalue weighted by molar-refractivity contribution is 0.181. The Morgan fingerprint density at radius 2 is 2.11 bits per heavy atom. The van der Waals surface area contributed by atoms with Gasteiger partial charge in [0.05, 0.1) is 13.2 Å². The zero-order valence-corrected chi connectivity index (χ0v) is 15.6. The van der Waals surface area contributed by atoms with Crippen molar-refractivity contribution in [3.63, 3.8) is 0 Å². The normalized spacial score (nSPS) is 17.7. The SMILES string of the molecule is CC(NCc1ccnc(OCC2CC2)c1)c1ccc(N2CCOC2=O)cc1. The Labute approximate surface area is 159 Å². The third-order valence-electron chi connectivity index (χ3n) is 5.04. The summed E-state index contributed by atoms with van der Waals surface area (Å²) in [7, 11) is 0. The molecule has 4 rings (SSSR count). The van der Waals surface area contributed by atoms with Crippen LogP contribution < -0.4 is 15.0 Å². The van der Waals surface area contributed by atoms with Gasteiger partial charge in [-0.25, -0.2) is 9.78 Å². The van der Waals surface area contributed by atoms with Gasteiger partial charge in [0.15, 0.2) is 0 Å². The zero-order valence-electron chi connectivity index (χ0n) is 15.6. The molecule has 1 aliphatic carbocycles.